The van der Waals surface area contributed by atoms with Crippen molar-refractivity contribution in [3.63, 3.8) is 0 Å². The molecule has 0 aliphatic heterocycles. The van der Waals surface area contributed by atoms with E-state index in [0.29, 0.717) is 11.8 Å². The van der Waals surface area contributed by atoms with Gasteiger partial charge in [0.25, 0.3) is 0 Å². The van der Waals surface area contributed by atoms with Gasteiger partial charge in [0.15, 0.2) is 0 Å². The van der Waals surface area contributed by atoms with Crippen molar-refractivity contribution < 1.29 is 0 Å². The van der Waals surface area contributed by atoms with E-state index < -0.39 is 0 Å². The van der Waals surface area contributed by atoms with Crippen molar-refractivity contribution in [3.8, 4) is 22.3 Å². The number of rotatable bonds is 2. The molecule has 0 heterocycles. The van der Waals surface area contributed by atoms with Crippen LogP contribution in [0, 0.1) is 0 Å². The Kier molecular flexibility index (Phi) is 3.33. The molecule has 3 aromatic rings. The molecule has 0 fully saturated rings. The van der Waals surface area contributed by atoms with E-state index in [0.717, 1.165) is 11.5 Å². The maximum atomic E-state index is 4.65. The number of benzene rings is 3. The Morgan fingerprint density at radius 2 is 0.958 bits per heavy atom. The van der Waals surface area contributed by atoms with Gasteiger partial charge in [-0.2, -0.15) is 25.3 Å². The average molecular weight is 347 g/mol. The van der Waals surface area contributed by atoms with E-state index in [1.165, 1.54) is 44.5 Å². The molecular formula is C22H18S2. The topological polar surface area (TPSA) is 0 Å². The molecule has 0 bridgehead atoms. The minimum Gasteiger partial charge on any atom is -0.178 e. The van der Waals surface area contributed by atoms with Gasteiger partial charge in [0.2, 0.25) is 0 Å². The van der Waals surface area contributed by atoms with Crippen LogP contribution in [0.15, 0.2) is 60.7 Å². The maximum Gasteiger partial charge on any atom is 0.0190 e. The highest BCUT2D eigenvalue weighted by molar-refractivity contribution is 7.80. The van der Waals surface area contributed by atoms with Crippen molar-refractivity contribution in [1.82, 2.24) is 0 Å². The van der Waals surface area contributed by atoms with Crippen molar-refractivity contribution in [1.29, 1.82) is 0 Å². The standard InChI is InChI=1S/C22H18S2/c23-11-21-15-7-3-1-5-13(15)17-9-20-18(10-19(17)21)14-6-2-4-8-16(14)22(20)12-24/h1-10,21-24H,11-12H2. The van der Waals surface area contributed by atoms with Gasteiger partial charge in [0, 0.05) is 23.3 Å². The second-order valence-corrected chi connectivity index (χ2v) is 7.40. The zero-order valence-corrected chi connectivity index (χ0v) is 15.0. The first-order valence-electron chi connectivity index (χ1n) is 8.41. The Bertz CT molecular complexity index is 879. The van der Waals surface area contributed by atoms with Gasteiger partial charge in [-0.05, 0) is 56.6 Å². The van der Waals surface area contributed by atoms with Crippen molar-refractivity contribution in [2.45, 2.75) is 11.8 Å². The minimum atomic E-state index is 0.395. The molecule has 2 heteroatoms. The van der Waals surface area contributed by atoms with Crippen molar-refractivity contribution in [2.24, 2.45) is 0 Å². The molecule has 0 spiro atoms. The summed E-state index contributed by atoms with van der Waals surface area (Å²) >= 11 is 9.30. The molecule has 5 rings (SSSR count). The number of hydrogen-bond acceptors (Lipinski definition) is 2. The molecule has 0 amide bonds. The summed E-state index contributed by atoms with van der Waals surface area (Å²) in [6.45, 7) is 0. The molecule has 2 aliphatic rings. The zero-order chi connectivity index (χ0) is 16.3. The molecule has 2 atom stereocenters. The second-order valence-electron chi connectivity index (χ2n) is 6.67. The molecule has 3 aromatic carbocycles. The van der Waals surface area contributed by atoms with Crippen LogP contribution >= 0.6 is 25.3 Å². The highest BCUT2D eigenvalue weighted by atomic mass is 32.1. The summed E-state index contributed by atoms with van der Waals surface area (Å²) in [5.41, 5.74) is 11.2. The van der Waals surface area contributed by atoms with Gasteiger partial charge >= 0.3 is 0 Å². The SMILES string of the molecule is SCC1c2ccccc2-c2cc3c(cc21)-c1ccccc1C3CS. The van der Waals surface area contributed by atoms with Crippen molar-refractivity contribution in [3.05, 3.63) is 82.9 Å². The summed E-state index contributed by atoms with van der Waals surface area (Å²) in [7, 11) is 0. The molecule has 0 nitrogen and oxygen atoms in total. The van der Waals surface area contributed by atoms with Crippen LogP contribution in [0.5, 0.6) is 0 Å². The van der Waals surface area contributed by atoms with Gasteiger partial charge < -0.3 is 0 Å². The largest absolute Gasteiger partial charge is 0.178 e. The first-order valence-corrected chi connectivity index (χ1v) is 9.68. The van der Waals surface area contributed by atoms with Gasteiger partial charge in [-0.1, -0.05) is 48.5 Å². The number of hydrogen-bond donors (Lipinski definition) is 2. The summed E-state index contributed by atoms with van der Waals surface area (Å²) in [6.07, 6.45) is 0. The minimum absolute atomic E-state index is 0.395. The molecule has 24 heavy (non-hydrogen) atoms. The third kappa shape index (κ3) is 1.84. The lowest BCUT2D eigenvalue weighted by Gasteiger charge is -2.14. The Hall–Kier alpha value is -1.64. The van der Waals surface area contributed by atoms with Crippen LogP contribution in [-0.4, -0.2) is 11.5 Å². The Morgan fingerprint density at radius 1 is 0.542 bits per heavy atom. The van der Waals surface area contributed by atoms with Crippen LogP contribution in [0.1, 0.15) is 34.1 Å². The van der Waals surface area contributed by atoms with Crippen LogP contribution < -0.4 is 0 Å². The second kappa shape index (κ2) is 5.44. The van der Waals surface area contributed by atoms with Gasteiger partial charge in [0.05, 0.1) is 0 Å². The predicted molar refractivity (Wildman–Crippen MR) is 109 cm³/mol. The third-order valence-electron chi connectivity index (χ3n) is 5.59. The lowest BCUT2D eigenvalue weighted by molar-refractivity contribution is 0.962. The first kappa shape index (κ1) is 14.7. The van der Waals surface area contributed by atoms with Gasteiger partial charge in [-0.15, -0.1) is 0 Å². The molecular weight excluding hydrogens is 328 g/mol. The van der Waals surface area contributed by atoms with Gasteiger partial charge in [-0.25, -0.2) is 0 Å². The Labute approximate surface area is 153 Å². The quantitative estimate of drug-likeness (QED) is 0.541. The fraction of sp³-hybridized carbons (Fsp3) is 0.182. The van der Waals surface area contributed by atoms with Crippen LogP contribution in [0.3, 0.4) is 0 Å². The van der Waals surface area contributed by atoms with E-state index in [4.69, 9.17) is 0 Å². The highest BCUT2D eigenvalue weighted by Crippen LogP contribution is 2.52. The summed E-state index contributed by atoms with van der Waals surface area (Å²) in [6, 6.07) is 22.4. The molecule has 0 saturated carbocycles. The molecule has 0 radical (unpaired) electrons. The Balaban J connectivity index is 1.80. The lowest BCUT2D eigenvalue weighted by Crippen LogP contribution is -2.00. The first-order chi connectivity index (χ1) is 11.8. The van der Waals surface area contributed by atoms with Crippen molar-refractivity contribution >= 4 is 25.3 Å². The number of thiol groups is 2. The van der Waals surface area contributed by atoms with E-state index in [-0.39, 0.29) is 0 Å². The third-order valence-corrected chi connectivity index (χ3v) is 6.32. The molecule has 0 saturated heterocycles. The van der Waals surface area contributed by atoms with Crippen LogP contribution in [0.4, 0.5) is 0 Å². The average Bonchev–Trinajstić information content (AvgIpc) is 3.11. The van der Waals surface area contributed by atoms with Crippen LogP contribution in [0.2, 0.25) is 0 Å². The van der Waals surface area contributed by atoms with E-state index in [2.05, 4.69) is 85.9 Å². The van der Waals surface area contributed by atoms with Crippen LogP contribution in [0.25, 0.3) is 22.3 Å². The van der Waals surface area contributed by atoms with Gasteiger partial charge in [-0.3, -0.25) is 0 Å². The Morgan fingerprint density at radius 3 is 1.38 bits per heavy atom. The predicted octanol–water partition coefficient (Wildman–Crippen LogP) is 5.77. The molecule has 0 aromatic heterocycles. The van der Waals surface area contributed by atoms with Crippen LogP contribution in [-0.2, 0) is 0 Å². The molecule has 0 N–H and O–H groups in total. The highest BCUT2D eigenvalue weighted by Gasteiger charge is 2.33. The van der Waals surface area contributed by atoms with E-state index in [1.807, 2.05) is 0 Å². The molecule has 2 unspecified atom stereocenters. The summed E-state index contributed by atoms with van der Waals surface area (Å²) in [5, 5.41) is 0. The molecule has 118 valence electrons. The maximum absolute atomic E-state index is 4.65. The summed E-state index contributed by atoms with van der Waals surface area (Å²) in [4.78, 5) is 0. The summed E-state index contributed by atoms with van der Waals surface area (Å²) in [5.74, 6) is 2.49. The van der Waals surface area contributed by atoms with E-state index >= 15 is 0 Å². The van der Waals surface area contributed by atoms with E-state index in [1.54, 1.807) is 0 Å². The smallest absolute Gasteiger partial charge is 0.0190 e. The fourth-order valence-corrected chi connectivity index (χ4v) is 5.28. The lowest BCUT2D eigenvalue weighted by atomic mass is 9.92. The van der Waals surface area contributed by atoms with Gasteiger partial charge in [0.1, 0.15) is 0 Å². The fourth-order valence-electron chi connectivity index (χ4n) is 4.50. The number of fused-ring (bicyclic) bond motifs is 6. The zero-order valence-electron chi connectivity index (χ0n) is 13.2. The molecule has 2 aliphatic carbocycles. The van der Waals surface area contributed by atoms with Crippen molar-refractivity contribution in [2.75, 3.05) is 11.5 Å². The monoisotopic (exact) mass is 346 g/mol. The summed E-state index contributed by atoms with van der Waals surface area (Å²) < 4.78 is 0. The normalized spacial score (nSPS) is 19.6. The van der Waals surface area contributed by atoms with E-state index in [9.17, 15) is 0 Å².